The standard InChI is InChI=1S/C13H16F3NO2/c1-9-4-5-10(12(18)19)11(8-9)17-7-3-2-6-13(14,15)16/h4-5,8,17H,2-3,6-7H2,1H3,(H,18,19). The van der Waals surface area contributed by atoms with Crippen LogP contribution in [-0.4, -0.2) is 23.8 Å². The Morgan fingerprint density at radius 3 is 2.58 bits per heavy atom. The molecule has 3 nitrogen and oxygen atoms in total. The Morgan fingerprint density at radius 1 is 1.32 bits per heavy atom. The van der Waals surface area contributed by atoms with Gasteiger partial charge in [-0.05, 0) is 37.5 Å². The number of halogens is 3. The van der Waals surface area contributed by atoms with Gasteiger partial charge < -0.3 is 10.4 Å². The quantitative estimate of drug-likeness (QED) is 0.775. The molecule has 0 amide bonds. The first kappa shape index (κ1) is 15.3. The van der Waals surface area contributed by atoms with Crippen LogP contribution >= 0.6 is 0 Å². The van der Waals surface area contributed by atoms with Crippen molar-refractivity contribution in [2.24, 2.45) is 0 Å². The second-order valence-corrected chi connectivity index (χ2v) is 4.35. The van der Waals surface area contributed by atoms with Crippen molar-refractivity contribution < 1.29 is 23.1 Å². The minimum absolute atomic E-state index is 0.0325. The molecular formula is C13H16F3NO2. The van der Waals surface area contributed by atoms with Crippen molar-refractivity contribution in [3.05, 3.63) is 29.3 Å². The Hall–Kier alpha value is -1.72. The Labute approximate surface area is 109 Å². The number of hydrogen-bond donors (Lipinski definition) is 2. The van der Waals surface area contributed by atoms with Crippen LogP contribution < -0.4 is 5.32 Å². The van der Waals surface area contributed by atoms with Gasteiger partial charge in [0.25, 0.3) is 0 Å². The van der Waals surface area contributed by atoms with Crippen LogP contribution in [0.3, 0.4) is 0 Å². The van der Waals surface area contributed by atoms with Crippen molar-refractivity contribution in [3.8, 4) is 0 Å². The molecule has 0 fully saturated rings. The number of rotatable bonds is 6. The highest BCUT2D eigenvalue weighted by atomic mass is 19.4. The number of unbranched alkanes of at least 4 members (excludes halogenated alkanes) is 1. The molecule has 1 aromatic carbocycles. The van der Waals surface area contributed by atoms with E-state index in [4.69, 9.17) is 5.11 Å². The fourth-order valence-electron chi connectivity index (χ4n) is 1.66. The molecule has 0 bridgehead atoms. The first-order valence-corrected chi connectivity index (χ1v) is 5.94. The fraction of sp³-hybridized carbons (Fsp3) is 0.462. The molecule has 1 aromatic rings. The van der Waals surface area contributed by atoms with Crippen molar-refractivity contribution in [1.29, 1.82) is 0 Å². The third-order valence-corrected chi connectivity index (χ3v) is 2.61. The van der Waals surface area contributed by atoms with Crippen molar-refractivity contribution >= 4 is 11.7 Å². The zero-order valence-electron chi connectivity index (χ0n) is 10.5. The van der Waals surface area contributed by atoms with Crippen LogP contribution in [0, 0.1) is 6.92 Å². The van der Waals surface area contributed by atoms with Gasteiger partial charge in [0, 0.05) is 18.7 Å². The van der Waals surface area contributed by atoms with Gasteiger partial charge in [0.15, 0.2) is 0 Å². The highest BCUT2D eigenvalue weighted by molar-refractivity contribution is 5.94. The lowest BCUT2D eigenvalue weighted by Gasteiger charge is -2.11. The zero-order chi connectivity index (χ0) is 14.5. The lowest BCUT2D eigenvalue weighted by atomic mass is 10.1. The smallest absolute Gasteiger partial charge is 0.389 e. The van der Waals surface area contributed by atoms with E-state index in [2.05, 4.69) is 5.32 Å². The van der Waals surface area contributed by atoms with Gasteiger partial charge in [-0.25, -0.2) is 4.79 Å². The molecule has 0 aromatic heterocycles. The normalized spacial score (nSPS) is 11.4. The van der Waals surface area contributed by atoms with Crippen LogP contribution in [0.2, 0.25) is 0 Å². The maximum Gasteiger partial charge on any atom is 0.389 e. The summed E-state index contributed by atoms with van der Waals surface area (Å²) in [5, 5.41) is 11.9. The molecule has 19 heavy (non-hydrogen) atoms. The number of benzene rings is 1. The number of carbonyl (C=O) groups is 1. The SMILES string of the molecule is Cc1ccc(C(=O)O)c(NCCCCC(F)(F)F)c1. The predicted molar refractivity (Wildman–Crippen MR) is 66.5 cm³/mol. The second-order valence-electron chi connectivity index (χ2n) is 4.35. The van der Waals surface area contributed by atoms with Crippen molar-refractivity contribution in [3.63, 3.8) is 0 Å². The molecule has 0 aliphatic heterocycles. The molecule has 106 valence electrons. The van der Waals surface area contributed by atoms with Gasteiger partial charge in [0.2, 0.25) is 0 Å². The molecule has 6 heteroatoms. The summed E-state index contributed by atoms with van der Waals surface area (Å²) in [7, 11) is 0. The fourth-order valence-corrected chi connectivity index (χ4v) is 1.66. The Balaban J connectivity index is 2.49. The number of hydrogen-bond acceptors (Lipinski definition) is 2. The topological polar surface area (TPSA) is 49.3 Å². The molecule has 0 unspecified atom stereocenters. The van der Waals surface area contributed by atoms with Crippen LogP contribution in [0.4, 0.5) is 18.9 Å². The lowest BCUT2D eigenvalue weighted by Crippen LogP contribution is -2.10. The number of aromatic carboxylic acids is 1. The van der Waals surface area contributed by atoms with Crippen LogP contribution in [0.25, 0.3) is 0 Å². The van der Waals surface area contributed by atoms with Crippen LogP contribution in [-0.2, 0) is 0 Å². The van der Waals surface area contributed by atoms with E-state index in [-0.39, 0.29) is 12.0 Å². The maximum atomic E-state index is 11.9. The molecule has 0 radical (unpaired) electrons. The van der Waals surface area contributed by atoms with Gasteiger partial charge in [0.05, 0.1) is 5.56 Å². The summed E-state index contributed by atoms with van der Waals surface area (Å²) < 4.78 is 35.8. The zero-order valence-corrected chi connectivity index (χ0v) is 10.5. The molecule has 2 N–H and O–H groups in total. The molecule has 0 aliphatic carbocycles. The van der Waals surface area contributed by atoms with Gasteiger partial charge in [-0.15, -0.1) is 0 Å². The summed E-state index contributed by atoms with van der Waals surface area (Å²) in [4.78, 5) is 11.0. The van der Waals surface area contributed by atoms with Crippen molar-refractivity contribution in [2.45, 2.75) is 32.4 Å². The minimum atomic E-state index is -4.13. The third kappa shape index (κ3) is 5.63. The first-order chi connectivity index (χ1) is 8.79. The average Bonchev–Trinajstić information content (AvgIpc) is 2.26. The highest BCUT2D eigenvalue weighted by Gasteiger charge is 2.25. The van der Waals surface area contributed by atoms with Gasteiger partial charge in [-0.3, -0.25) is 0 Å². The van der Waals surface area contributed by atoms with E-state index in [9.17, 15) is 18.0 Å². The molecule has 0 spiro atoms. The lowest BCUT2D eigenvalue weighted by molar-refractivity contribution is -0.135. The monoisotopic (exact) mass is 275 g/mol. The van der Waals surface area contributed by atoms with E-state index in [1.807, 2.05) is 6.92 Å². The van der Waals surface area contributed by atoms with Crippen LogP contribution in [0.1, 0.15) is 35.2 Å². The van der Waals surface area contributed by atoms with E-state index in [1.54, 1.807) is 12.1 Å². The highest BCUT2D eigenvalue weighted by Crippen LogP contribution is 2.22. The second kappa shape index (κ2) is 6.45. The Bertz CT molecular complexity index is 444. The van der Waals surface area contributed by atoms with Gasteiger partial charge >= 0.3 is 12.1 Å². The summed E-state index contributed by atoms with van der Waals surface area (Å²) in [6, 6.07) is 4.83. The minimum Gasteiger partial charge on any atom is -0.478 e. The number of nitrogens with one attached hydrogen (secondary N) is 1. The molecule has 0 saturated heterocycles. The van der Waals surface area contributed by atoms with Crippen LogP contribution in [0.5, 0.6) is 0 Å². The maximum absolute atomic E-state index is 11.9. The van der Waals surface area contributed by atoms with E-state index >= 15 is 0 Å². The summed E-state index contributed by atoms with van der Waals surface area (Å²) in [6.45, 7) is 2.14. The molecule has 0 atom stereocenters. The Kier molecular flexibility index (Phi) is 5.20. The number of carboxylic acid groups (broad SMARTS) is 1. The molecule has 0 heterocycles. The Morgan fingerprint density at radius 2 is 2.00 bits per heavy atom. The predicted octanol–water partition coefficient (Wildman–Crippen LogP) is 3.84. The van der Waals surface area contributed by atoms with E-state index in [1.165, 1.54) is 6.07 Å². The van der Waals surface area contributed by atoms with Gasteiger partial charge in [0.1, 0.15) is 0 Å². The summed E-state index contributed by atoms with van der Waals surface area (Å²) >= 11 is 0. The summed E-state index contributed by atoms with van der Waals surface area (Å²) in [6.07, 6.45) is -4.57. The van der Waals surface area contributed by atoms with E-state index in [0.717, 1.165) is 5.56 Å². The number of anilines is 1. The van der Waals surface area contributed by atoms with Crippen molar-refractivity contribution in [2.75, 3.05) is 11.9 Å². The van der Waals surface area contributed by atoms with E-state index in [0.29, 0.717) is 18.7 Å². The summed E-state index contributed by atoms with van der Waals surface area (Å²) in [5.74, 6) is -1.06. The van der Waals surface area contributed by atoms with Crippen molar-refractivity contribution in [1.82, 2.24) is 0 Å². The first-order valence-electron chi connectivity index (χ1n) is 5.94. The van der Waals surface area contributed by atoms with Gasteiger partial charge in [-0.1, -0.05) is 6.07 Å². The molecular weight excluding hydrogens is 259 g/mol. The number of alkyl halides is 3. The van der Waals surface area contributed by atoms with E-state index < -0.39 is 18.6 Å². The van der Waals surface area contributed by atoms with Crippen LogP contribution in [0.15, 0.2) is 18.2 Å². The molecule has 1 rings (SSSR count). The molecule has 0 aliphatic rings. The molecule has 0 saturated carbocycles. The average molecular weight is 275 g/mol. The third-order valence-electron chi connectivity index (χ3n) is 2.61. The summed E-state index contributed by atoms with van der Waals surface area (Å²) in [5.41, 5.74) is 1.46. The largest absolute Gasteiger partial charge is 0.478 e. The van der Waals surface area contributed by atoms with Gasteiger partial charge in [-0.2, -0.15) is 13.2 Å². The number of carboxylic acids is 1. The number of aryl methyl sites for hydroxylation is 1.